The molecule has 2 heteroatoms. The average molecular weight is 199 g/mol. The largest absolute Gasteiger partial charge is 0.298 e. The van der Waals surface area contributed by atoms with Gasteiger partial charge in [-0.25, -0.2) is 4.58 Å². The zero-order valence-corrected chi connectivity index (χ0v) is 10.4. The van der Waals surface area contributed by atoms with Gasteiger partial charge >= 0.3 is 0 Å². The molecule has 0 aromatic carbocycles. The van der Waals surface area contributed by atoms with Crippen LogP contribution in [0.4, 0.5) is 0 Å². The lowest BCUT2D eigenvalue weighted by Gasteiger charge is -2.18. The van der Waals surface area contributed by atoms with Gasteiger partial charge < -0.3 is 0 Å². The van der Waals surface area contributed by atoms with E-state index in [1.165, 1.54) is 45.6 Å². The first-order valence-electron chi connectivity index (χ1n) is 6.04. The van der Waals surface area contributed by atoms with Gasteiger partial charge in [0.2, 0.25) is 0 Å². The standard InChI is InChI=1S/C12H27N2/c1-5-9-13(7-3)11-12-14(8-4)10-6-2/h7H,5-6,8-12H2,1-4H3/q+1. The van der Waals surface area contributed by atoms with Crippen LogP contribution in [0.25, 0.3) is 0 Å². The van der Waals surface area contributed by atoms with E-state index in [9.17, 15) is 0 Å². The highest BCUT2D eigenvalue weighted by molar-refractivity contribution is 5.46. The van der Waals surface area contributed by atoms with E-state index >= 15 is 0 Å². The van der Waals surface area contributed by atoms with Crippen LogP contribution in [0.15, 0.2) is 0 Å². The predicted molar refractivity (Wildman–Crippen MR) is 64.4 cm³/mol. The smallest absolute Gasteiger partial charge is 0.155 e. The molecule has 0 aliphatic heterocycles. The number of hydrogen-bond acceptors (Lipinski definition) is 1. The number of hydrogen-bond donors (Lipinski definition) is 0. The predicted octanol–water partition coefficient (Wildman–Crippen LogP) is 2.23. The molecule has 0 aromatic heterocycles. The monoisotopic (exact) mass is 199 g/mol. The summed E-state index contributed by atoms with van der Waals surface area (Å²) in [6.07, 6.45) is 4.71. The van der Waals surface area contributed by atoms with E-state index in [4.69, 9.17) is 0 Å². The van der Waals surface area contributed by atoms with Gasteiger partial charge in [-0.3, -0.25) is 4.90 Å². The Labute approximate surface area is 89.6 Å². The minimum absolute atomic E-state index is 1.18. The minimum Gasteiger partial charge on any atom is -0.298 e. The van der Waals surface area contributed by atoms with Crippen LogP contribution < -0.4 is 0 Å². The molecule has 0 atom stereocenters. The Hall–Kier alpha value is -0.370. The lowest BCUT2D eigenvalue weighted by molar-refractivity contribution is -0.524. The maximum atomic E-state index is 2.52. The van der Waals surface area contributed by atoms with Crippen LogP contribution in [0.5, 0.6) is 0 Å². The number of rotatable bonds is 8. The van der Waals surface area contributed by atoms with Crippen molar-refractivity contribution in [2.75, 3.05) is 32.7 Å². The van der Waals surface area contributed by atoms with Crippen LogP contribution in [0.3, 0.4) is 0 Å². The van der Waals surface area contributed by atoms with Crippen molar-refractivity contribution >= 4 is 6.21 Å². The fourth-order valence-corrected chi connectivity index (χ4v) is 1.67. The van der Waals surface area contributed by atoms with E-state index in [1.54, 1.807) is 0 Å². The minimum atomic E-state index is 1.18. The number of nitrogens with zero attached hydrogens (tertiary/aromatic N) is 2. The van der Waals surface area contributed by atoms with Crippen LogP contribution >= 0.6 is 0 Å². The van der Waals surface area contributed by atoms with E-state index in [0.717, 1.165) is 0 Å². The van der Waals surface area contributed by atoms with E-state index in [-0.39, 0.29) is 0 Å². The molecule has 0 aromatic rings. The first-order chi connectivity index (χ1) is 6.78. The van der Waals surface area contributed by atoms with Gasteiger partial charge in [0, 0.05) is 13.3 Å². The molecule has 0 radical (unpaired) electrons. The molecule has 0 bridgehead atoms. The van der Waals surface area contributed by atoms with Gasteiger partial charge in [-0.1, -0.05) is 20.8 Å². The van der Waals surface area contributed by atoms with Crippen molar-refractivity contribution in [2.45, 2.75) is 40.5 Å². The molecule has 0 heterocycles. The van der Waals surface area contributed by atoms with Crippen molar-refractivity contribution in [1.29, 1.82) is 0 Å². The lowest BCUT2D eigenvalue weighted by atomic mass is 10.4. The van der Waals surface area contributed by atoms with Gasteiger partial charge in [0.25, 0.3) is 0 Å². The van der Waals surface area contributed by atoms with Crippen LogP contribution in [0.2, 0.25) is 0 Å². The second-order valence-electron chi connectivity index (χ2n) is 3.73. The van der Waals surface area contributed by atoms with E-state index in [1.807, 2.05) is 0 Å². The molecule has 0 aliphatic rings. The summed E-state index contributed by atoms with van der Waals surface area (Å²) in [6.45, 7) is 14.9. The van der Waals surface area contributed by atoms with Crippen molar-refractivity contribution in [3.05, 3.63) is 0 Å². The summed E-state index contributed by atoms with van der Waals surface area (Å²) in [5.41, 5.74) is 0. The molecule has 0 fully saturated rings. The Balaban J connectivity index is 3.76. The second-order valence-corrected chi connectivity index (χ2v) is 3.73. The number of likely N-dealkylation sites (N-methyl/N-ethyl adjacent to an activating group) is 1. The second kappa shape index (κ2) is 9.20. The normalized spacial score (nSPS) is 12.5. The summed E-state index contributed by atoms with van der Waals surface area (Å²) in [7, 11) is 0. The van der Waals surface area contributed by atoms with Crippen LogP contribution in [0.1, 0.15) is 40.5 Å². The first kappa shape index (κ1) is 13.6. The summed E-state index contributed by atoms with van der Waals surface area (Å²) in [6, 6.07) is 0. The zero-order chi connectivity index (χ0) is 10.8. The Morgan fingerprint density at radius 2 is 1.71 bits per heavy atom. The SMILES string of the molecule is CC=[N+](CCC)CCN(CC)CCC. The lowest BCUT2D eigenvalue weighted by Crippen LogP contribution is -2.32. The van der Waals surface area contributed by atoms with Crippen molar-refractivity contribution in [2.24, 2.45) is 0 Å². The van der Waals surface area contributed by atoms with E-state index < -0.39 is 0 Å². The molecular formula is C12H27N2+. The summed E-state index contributed by atoms with van der Waals surface area (Å²) in [5.74, 6) is 0. The molecule has 14 heavy (non-hydrogen) atoms. The molecule has 0 spiro atoms. The maximum absolute atomic E-state index is 2.52. The molecule has 0 aliphatic carbocycles. The third-order valence-electron chi connectivity index (χ3n) is 2.57. The molecular weight excluding hydrogens is 172 g/mol. The van der Waals surface area contributed by atoms with E-state index in [0.29, 0.717) is 0 Å². The van der Waals surface area contributed by atoms with Gasteiger partial charge in [-0.2, -0.15) is 0 Å². The van der Waals surface area contributed by atoms with E-state index in [2.05, 4.69) is 43.4 Å². The molecule has 0 saturated carbocycles. The summed E-state index contributed by atoms with van der Waals surface area (Å²) < 4.78 is 2.42. The Kier molecular flexibility index (Phi) is 8.95. The molecule has 0 rings (SSSR count). The van der Waals surface area contributed by atoms with Gasteiger partial charge in [-0.05, 0) is 19.5 Å². The van der Waals surface area contributed by atoms with Crippen LogP contribution in [0, 0.1) is 0 Å². The third kappa shape index (κ3) is 6.14. The molecule has 0 unspecified atom stereocenters. The van der Waals surface area contributed by atoms with Gasteiger partial charge in [0.15, 0.2) is 6.54 Å². The highest BCUT2D eigenvalue weighted by atomic mass is 15.1. The topological polar surface area (TPSA) is 6.25 Å². The van der Waals surface area contributed by atoms with Crippen molar-refractivity contribution < 1.29 is 4.58 Å². The Morgan fingerprint density at radius 1 is 1.00 bits per heavy atom. The molecule has 0 N–H and O–H groups in total. The van der Waals surface area contributed by atoms with Crippen LogP contribution in [-0.4, -0.2) is 48.4 Å². The quantitative estimate of drug-likeness (QED) is 0.429. The summed E-state index contributed by atoms with van der Waals surface area (Å²) >= 11 is 0. The fraction of sp³-hybridized carbons (Fsp3) is 0.917. The zero-order valence-electron chi connectivity index (χ0n) is 10.4. The molecule has 84 valence electrons. The first-order valence-corrected chi connectivity index (χ1v) is 6.04. The van der Waals surface area contributed by atoms with Gasteiger partial charge in [0.05, 0.1) is 6.54 Å². The Morgan fingerprint density at radius 3 is 2.14 bits per heavy atom. The molecule has 0 amide bonds. The van der Waals surface area contributed by atoms with Crippen molar-refractivity contribution in [3.8, 4) is 0 Å². The summed E-state index contributed by atoms with van der Waals surface area (Å²) in [4.78, 5) is 2.52. The van der Waals surface area contributed by atoms with Crippen molar-refractivity contribution in [1.82, 2.24) is 4.90 Å². The average Bonchev–Trinajstić information content (AvgIpc) is 2.22. The fourth-order valence-electron chi connectivity index (χ4n) is 1.67. The third-order valence-corrected chi connectivity index (χ3v) is 2.57. The van der Waals surface area contributed by atoms with Crippen LogP contribution in [-0.2, 0) is 0 Å². The molecule has 0 saturated heterocycles. The highest BCUT2D eigenvalue weighted by Crippen LogP contribution is 1.91. The van der Waals surface area contributed by atoms with Gasteiger partial charge in [-0.15, -0.1) is 0 Å². The molecule has 2 nitrogen and oxygen atoms in total. The highest BCUT2D eigenvalue weighted by Gasteiger charge is 2.05. The maximum Gasteiger partial charge on any atom is 0.155 e. The van der Waals surface area contributed by atoms with Crippen molar-refractivity contribution in [3.63, 3.8) is 0 Å². The summed E-state index contributed by atoms with van der Waals surface area (Å²) in [5, 5.41) is 0. The van der Waals surface area contributed by atoms with Gasteiger partial charge in [0.1, 0.15) is 12.8 Å². The Bertz CT molecular complexity index is 152.